The monoisotopic (exact) mass is 243 g/mol. The lowest BCUT2D eigenvalue weighted by molar-refractivity contribution is -0.390. The molecule has 0 aliphatic rings. The molecule has 90 valence electrons. The van der Waals surface area contributed by atoms with E-state index in [-0.39, 0.29) is 17.7 Å². The first-order valence-electron chi connectivity index (χ1n) is 4.38. The fourth-order valence-electron chi connectivity index (χ4n) is 1.23. The van der Waals surface area contributed by atoms with E-state index in [4.69, 9.17) is 5.26 Å². The van der Waals surface area contributed by atoms with E-state index in [1.807, 2.05) is 0 Å². The van der Waals surface area contributed by atoms with Crippen molar-refractivity contribution in [1.82, 2.24) is 4.98 Å². The second-order valence-electron chi connectivity index (χ2n) is 2.95. The minimum atomic E-state index is -2.99. The molecule has 17 heavy (non-hydrogen) atoms. The van der Waals surface area contributed by atoms with Gasteiger partial charge in [0, 0.05) is 0 Å². The molecule has 0 unspecified atom stereocenters. The second-order valence-corrected chi connectivity index (χ2v) is 2.95. The van der Waals surface area contributed by atoms with Gasteiger partial charge in [0.05, 0.1) is 25.2 Å². The highest BCUT2D eigenvalue weighted by atomic mass is 19.3. The van der Waals surface area contributed by atoms with Crippen LogP contribution in [-0.2, 0) is 6.42 Å². The Hall–Kier alpha value is -2.30. The highest BCUT2D eigenvalue weighted by Gasteiger charge is 2.27. The largest absolute Gasteiger partial charge is 0.492 e. The van der Waals surface area contributed by atoms with Crippen LogP contribution in [0.2, 0.25) is 0 Å². The number of nitro groups is 1. The molecule has 1 heterocycles. The van der Waals surface area contributed by atoms with Gasteiger partial charge in [-0.15, -0.1) is 0 Å². The van der Waals surface area contributed by atoms with Crippen LogP contribution in [0, 0.1) is 21.4 Å². The summed E-state index contributed by atoms with van der Waals surface area (Å²) >= 11 is 0. The molecule has 0 saturated heterocycles. The van der Waals surface area contributed by atoms with Gasteiger partial charge in [-0.1, -0.05) is 0 Å². The fraction of sp³-hybridized carbons (Fsp3) is 0.333. The Kier molecular flexibility index (Phi) is 3.87. The molecule has 0 spiro atoms. The molecular weight excluding hydrogens is 236 g/mol. The first-order chi connectivity index (χ1) is 8.01. The Bertz CT molecular complexity index is 485. The van der Waals surface area contributed by atoms with E-state index in [9.17, 15) is 18.9 Å². The van der Waals surface area contributed by atoms with Crippen LogP contribution in [0.25, 0.3) is 0 Å². The zero-order chi connectivity index (χ0) is 13.0. The number of hydrogen-bond acceptors (Lipinski definition) is 5. The van der Waals surface area contributed by atoms with Crippen LogP contribution in [0.1, 0.15) is 17.7 Å². The van der Waals surface area contributed by atoms with Crippen LogP contribution in [0.3, 0.4) is 0 Å². The normalized spacial score (nSPS) is 10.1. The zero-order valence-corrected chi connectivity index (χ0v) is 8.68. The summed E-state index contributed by atoms with van der Waals surface area (Å²) in [6.07, 6.45) is -3.29. The number of ether oxygens (including phenoxy) is 1. The first-order valence-corrected chi connectivity index (χ1v) is 4.38. The number of halogens is 2. The summed E-state index contributed by atoms with van der Waals surface area (Å²) in [5.74, 6) is -1.02. The maximum atomic E-state index is 12.5. The smallest absolute Gasteiger partial charge is 0.368 e. The summed E-state index contributed by atoms with van der Waals surface area (Å²) in [5, 5.41) is 19.1. The summed E-state index contributed by atoms with van der Waals surface area (Å²) in [6.45, 7) is 0. The van der Waals surface area contributed by atoms with Crippen molar-refractivity contribution >= 4 is 5.82 Å². The van der Waals surface area contributed by atoms with Gasteiger partial charge in [-0.05, 0) is 16.0 Å². The number of nitrogens with zero attached hydrogens (tertiary/aromatic N) is 3. The van der Waals surface area contributed by atoms with Crippen molar-refractivity contribution in [3.63, 3.8) is 0 Å². The van der Waals surface area contributed by atoms with Gasteiger partial charge in [-0.3, -0.25) is 0 Å². The van der Waals surface area contributed by atoms with Crippen molar-refractivity contribution in [3.8, 4) is 11.8 Å². The van der Waals surface area contributed by atoms with Crippen molar-refractivity contribution in [3.05, 3.63) is 27.4 Å². The number of hydrogen-bond donors (Lipinski definition) is 0. The van der Waals surface area contributed by atoms with Gasteiger partial charge >= 0.3 is 12.2 Å². The molecule has 0 atom stereocenters. The van der Waals surface area contributed by atoms with E-state index in [1.165, 1.54) is 0 Å². The highest BCUT2D eigenvalue weighted by Crippen LogP contribution is 2.31. The highest BCUT2D eigenvalue weighted by molar-refractivity contribution is 5.44. The molecule has 0 aliphatic heterocycles. The number of rotatable bonds is 4. The summed E-state index contributed by atoms with van der Waals surface area (Å²) in [6, 6.07) is 2.73. The summed E-state index contributed by atoms with van der Waals surface area (Å²) < 4.78 is 29.7. The van der Waals surface area contributed by atoms with Crippen LogP contribution in [0.15, 0.2) is 6.07 Å². The molecule has 6 nitrogen and oxygen atoms in total. The molecule has 0 amide bonds. The van der Waals surface area contributed by atoms with Gasteiger partial charge < -0.3 is 14.9 Å². The van der Waals surface area contributed by atoms with Crippen LogP contribution in [-0.4, -0.2) is 17.0 Å². The third-order valence-electron chi connectivity index (χ3n) is 1.94. The fourth-order valence-corrected chi connectivity index (χ4v) is 1.23. The number of methoxy groups -OCH3 is 1. The molecule has 1 rings (SSSR count). The van der Waals surface area contributed by atoms with E-state index >= 15 is 0 Å². The quantitative estimate of drug-likeness (QED) is 0.596. The van der Waals surface area contributed by atoms with Gasteiger partial charge in [0.15, 0.2) is 5.75 Å². The van der Waals surface area contributed by atoms with Crippen LogP contribution >= 0.6 is 0 Å². The molecule has 0 N–H and O–H groups in total. The van der Waals surface area contributed by atoms with Crippen molar-refractivity contribution in [2.75, 3.05) is 7.11 Å². The number of alkyl halides is 2. The predicted octanol–water partition coefficient (Wildman–Crippen LogP) is 2.00. The van der Waals surface area contributed by atoms with E-state index in [0.717, 1.165) is 13.2 Å². The summed E-state index contributed by atoms with van der Waals surface area (Å²) in [7, 11) is 1.14. The standard InChI is InChI=1S/C9H7F2N3O3/c1-17-6-4-5(2-3-12)9(14(15)16)13-7(6)8(10)11/h4,8H,2H2,1H3. The van der Waals surface area contributed by atoms with Crippen molar-refractivity contribution in [2.24, 2.45) is 0 Å². The topological polar surface area (TPSA) is 89.0 Å². The maximum Gasteiger partial charge on any atom is 0.368 e. The SMILES string of the molecule is COc1cc(CC#N)c([N+](=O)[O-])nc1C(F)F. The summed E-state index contributed by atoms with van der Waals surface area (Å²) in [5.41, 5.74) is -0.861. The third-order valence-corrected chi connectivity index (χ3v) is 1.94. The Balaban J connectivity index is 3.43. The zero-order valence-electron chi connectivity index (χ0n) is 8.68. The van der Waals surface area contributed by atoms with E-state index in [1.54, 1.807) is 6.07 Å². The Morgan fingerprint density at radius 1 is 1.71 bits per heavy atom. The third kappa shape index (κ3) is 2.63. The lowest BCUT2D eigenvalue weighted by Crippen LogP contribution is -2.04. The summed E-state index contributed by atoms with van der Waals surface area (Å²) in [4.78, 5) is 13.0. The van der Waals surface area contributed by atoms with Gasteiger partial charge in [0.1, 0.15) is 0 Å². The molecule has 0 bridgehead atoms. The molecule has 0 aliphatic carbocycles. The van der Waals surface area contributed by atoms with E-state index < -0.39 is 22.9 Å². The predicted molar refractivity (Wildman–Crippen MR) is 51.7 cm³/mol. The molecule has 0 aromatic carbocycles. The van der Waals surface area contributed by atoms with Gasteiger partial charge in [-0.25, -0.2) is 8.78 Å². The minimum absolute atomic E-state index is 0.0567. The van der Waals surface area contributed by atoms with Gasteiger partial charge in [0.25, 0.3) is 5.69 Å². The molecule has 8 heteroatoms. The maximum absolute atomic E-state index is 12.5. The van der Waals surface area contributed by atoms with Gasteiger partial charge in [0.2, 0.25) is 0 Å². The molecule has 1 aromatic heterocycles. The number of pyridine rings is 1. The van der Waals surface area contributed by atoms with Crippen LogP contribution < -0.4 is 4.74 Å². The average Bonchev–Trinajstić information content (AvgIpc) is 2.28. The van der Waals surface area contributed by atoms with Crippen LogP contribution in [0.5, 0.6) is 5.75 Å². The molecule has 0 radical (unpaired) electrons. The van der Waals surface area contributed by atoms with Crippen LogP contribution in [0.4, 0.5) is 14.6 Å². The van der Waals surface area contributed by atoms with Crippen molar-refractivity contribution in [1.29, 1.82) is 5.26 Å². The Morgan fingerprint density at radius 2 is 2.35 bits per heavy atom. The second kappa shape index (κ2) is 5.16. The number of aromatic nitrogens is 1. The van der Waals surface area contributed by atoms with Crippen molar-refractivity contribution < 1.29 is 18.4 Å². The van der Waals surface area contributed by atoms with Crippen molar-refractivity contribution in [2.45, 2.75) is 12.8 Å². The van der Waals surface area contributed by atoms with E-state index in [0.29, 0.717) is 0 Å². The molecule has 1 aromatic rings. The lowest BCUT2D eigenvalue weighted by Gasteiger charge is -2.06. The van der Waals surface area contributed by atoms with E-state index in [2.05, 4.69) is 9.72 Å². The lowest BCUT2D eigenvalue weighted by atomic mass is 10.1. The Morgan fingerprint density at radius 3 is 2.76 bits per heavy atom. The van der Waals surface area contributed by atoms with Gasteiger partial charge in [-0.2, -0.15) is 5.26 Å². The molecular formula is C9H7F2N3O3. The Labute approximate surface area is 94.6 Å². The molecule has 0 fully saturated rings. The number of nitriles is 1. The molecule has 0 saturated carbocycles. The minimum Gasteiger partial charge on any atom is -0.492 e. The average molecular weight is 243 g/mol. The first kappa shape index (κ1) is 12.8.